The summed E-state index contributed by atoms with van der Waals surface area (Å²) < 4.78 is 33.0. The van der Waals surface area contributed by atoms with Crippen LogP contribution in [-0.2, 0) is 16.0 Å². The number of ketones is 1. The molecule has 0 aliphatic heterocycles. The molecule has 39 heavy (non-hydrogen) atoms. The van der Waals surface area contributed by atoms with Gasteiger partial charge in [-0.05, 0) is 69.0 Å². The van der Waals surface area contributed by atoms with Crippen molar-refractivity contribution in [2.24, 2.45) is 5.92 Å². The fraction of sp³-hybridized carbons (Fsp3) is 0.367. The third-order valence-electron chi connectivity index (χ3n) is 6.41. The molecule has 0 radical (unpaired) electrons. The molecule has 2 aromatic carbocycles. The van der Waals surface area contributed by atoms with Crippen molar-refractivity contribution in [1.29, 1.82) is 0 Å². The summed E-state index contributed by atoms with van der Waals surface area (Å²) in [5.41, 5.74) is 6.02. The molecular weight excluding hydrogens is 504 g/mol. The van der Waals surface area contributed by atoms with E-state index in [2.05, 4.69) is 10.3 Å². The van der Waals surface area contributed by atoms with Gasteiger partial charge in [-0.2, -0.15) is 0 Å². The second-order valence-corrected chi connectivity index (χ2v) is 10.6. The van der Waals surface area contributed by atoms with Gasteiger partial charge in [0.05, 0.1) is 11.1 Å². The summed E-state index contributed by atoms with van der Waals surface area (Å²) in [6.07, 6.45) is 1.45. The molecule has 7 nitrogen and oxygen atoms in total. The summed E-state index contributed by atoms with van der Waals surface area (Å²) in [5, 5.41) is 3.31. The Labute approximate surface area is 226 Å². The number of anilines is 1. The van der Waals surface area contributed by atoms with Gasteiger partial charge in [-0.3, -0.25) is 14.4 Å². The third kappa shape index (κ3) is 7.60. The van der Waals surface area contributed by atoms with Gasteiger partial charge in [0, 0.05) is 11.6 Å². The van der Waals surface area contributed by atoms with E-state index in [0.29, 0.717) is 24.6 Å². The Hall–Kier alpha value is -3.85. The number of carbonyl (C=O) groups is 2. The smallest absolute Gasteiger partial charge is 0.323 e. The lowest BCUT2D eigenvalue weighted by Gasteiger charge is -2.27. The van der Waals surface area contributed by atoms with Crippen LogP contribution >= 0.6 is 0 Å². The highest BCUT2D eigenvalue weighted by Gasteiger charge is 2.28. The highest BCUT2D eigenvalue weighted by Crippen LogP contribution is 2.23. The van der Waals surface area contributed by atoms with Crippen LogP contribution in [0.3, 0.4) is 0 Å². The number of halogens is 2. The Balaban J connectivity index is 1.75. The van der Waals surface area contributed by atoms with E-state index in [-0.39, 0.29) is 34.4 Å². The normalized spacial score (nSPS) is 13.1. The largest absolute Gasteiger partial charge is 0.459 e. The number of ether oxygens (including phenoxy) is 1. The molecule has 0 aliphatic carbocycles. The number of aromatic nitrogens is 1. The molecule has 9 heteroatoms. The summed E-state index contributed by atoms with van der Waals surface area (Å²) in [4.78, 5) is 40.7. The number of nitrogen functional groups attached to an aromatic ring is 1. The lowest BCUT2D eigenvalue weighted by Crippen LogP contribution is -2.46. The molecule has 3 aromatic rings. The molecule has 0 fully saturated rings. The number of nitrogens with two attached hydrogens (primary N) is 1. The summed E-state index contributed by atoms with van der Waals surface area (Å²) in [6, 6.07) is 10.7. The van der Waals surface area contributed by atoms with Crippen LogP contribution < -0.4 is 16.6 Å². The van der Waals surface area contributed by atoms with E-state index in [1.165, 1.54) is 6.07 Å². The molecule has 0 saturated carbocycles. The molecule has 4 N–H and O–H groups in total. The van der Waals surface area contributed by atoms with Crippen LogP contribution in [0.1, 0.15) is 62.5 Å². The number of esters is 1. The highest BCUT2D eigenvalue weighted by molar-refractivity contribution is 6.12. The van der Waals surface area contributed by atoms with Crippen LogP contribution in [0.25, 0.3) is 11.1 Å². The monoisotopic (exact) mass is 539 g/mol. The predicted molar refractivity (Wildman–Crippen MR) is 147 cm³/mol. The van der Waals surface area contributed by atoms with Crippen molar-refractivity contribution in [3.05, 3.63) is 87.2 Å². The minimum absolute atomic E-state index is 0.0957. The number of aromatic amines is 1. The Morgan fingerprint density at radius 1 is 1.05 bits per heavy atom. The van der Waals surface area contributed by atoms with Crippen LogP contribution in [0, 0.1) is 17.6 Å². The second-order valence-electron chi connectivity index (χ2n) is 10.6. The Kier molecular flexibility index (Phi) is 9.40. The van der Waals surface area contributed by atoms with E-state index in [4.69, 9.17) is 10.5 Å². The molecule has 1 aromatic heterocycles. The van der Waals surface area contributed by atoms with Crippen molar-refractivity contribution in [2.75, 3.05) is 12.3 Å². The Morgan fingerprint density at radius 2 is 1.72 bits per heavy atom. The standard InChI is InChI=1S/C30H35F2N3O4/c1-6-17(2)25(29(38)39-30(3,4)5)34-14-13-18-7-9-19(10-8-18)22-16-23(27(33)35-28(22)37)26(36)21-12-11-20(31)15-24(21)32/h7-12,15-17,25,34H,6,13-14H2,1-5H3,(H3,33,35,37)/t17-,25-/m0/s1. The number of hydrogen-bond donors (Lipinski definition) is 3. The molecule has 208 valence electrons. The van der Waals surface area contributed by atoms with Crippen molar-refractivity contribution < 1.29 is 23.1 Å². The molecule has 0 bridgehead atoms. The minimum atomic E-state index is -1.02. The number of rotatable bonds is 10. The van der Waals surface area contributed by atoms with Crippen molar-refractivity contribution in [2.45, 2.75) is 59.1 Å². The van der Waals surface area contributed by atoms with Crippen LogP contribution in [0.4, 0.5) is 14.6 Å². The number of benzene rings is 2. The first-order valence-corrected chi connectivity index (χ1v) is 12.9. The number of hydrogen-bond acceptors (Lipinski definition) is 6. The van der Waals surface area contributed by atoms with Crippen molar-refractivity contribution in [3.8, 4) is 11.1 Å². The number of carbonyl (C=O) groups excluding carboxylic acids is 2. The molecule has 0 spiro atoms. The summed E-state index contributed by atoms with van der Waals surface area (Å²) >= 11 is 0. The highest BCUT2D eigenvalue weighted by atomic mass is 19.1. The summed E-state index contributed by atoms with van der Waals surface area (Å²) in [5.74, 6) is -2.99. The molecule has 0 amide bonds. The lowest BCUT2D eigenvalue weighted by molar-refractivity contribution is -0.159. The quantitative estimate of drug-likeness (QED) is 0.246. The fourth-order valence-corrected chi connectivity index (χ4v) is 4.11. The minimum Gasteiger partial charge on any atom is -0.459 e. The topological polar surface area (TPSA) is 114 Å². The van der Waals surface area contributed by atoms with Gasteiger partial charge in [0.15, 0.2) is 5.78 Å². The van der Waals surface area contributed by atoms with Gasteiger partial charge in [0.2, 0.25) is 0 Å². The lowest BCUT2D eigenvalue weighted by atomic mass is 9.97. The fourth-order valence-electron chi connectivity index (χ4n) is 4.11. The molecule has 2 atom stereocenters. The SMILES string of the molecule is CC[C@H](C)[C@H](NCCc1ccc(-c2cc(C(=O)c3ccc(F)cc3F)c(N)[nH]c2=O)cc1)C(=O)OC(C)(C)C. The van der Waals surface area contributed by atoms with Gasteiger partial charge >= 0.3 is 5.97 Å². The van der Waals surface area contributed by atoms with E-state index < -0.39 is 34.6 Å². The second kappa shape index (κ2) is 12.3. The zero-order valence-electron chi connectivity index (χ0n) is 22.9. The first-order valence-electron chi connectivity index (χ1n) is 12.9. The molecule has 1 heterocycles. The van der Waals surface area contributed by atoms with Crippen LogP contribution in [0.15, 0.2) is 53.3 Å². The van der Waals surface area contributed by atoms with Gasteiger partial charge < -0.3 is 20.8 Å². The van der Waals surface area contributed by atoms with Gasteiger partial charge in [0.1, 0.15) is 29.1 Å². The van der Waals surface area contributed by atoms with Crippen LogP contribution in [0.2, 0.25) is 0 Å². The maximum Gasteiger partial charge on any atom is 0.323 e. The number of nitrogens with one attached hydrogen (secondary N) is 2. The van der Waals surface area contributed by atoms with Gasteiger partial charge in [-0.25, -0.2) is 8.78 Å². The number of pyridine rings is 1. The van der Waals surface area contributed by atoms with Crippen LogP contribution in [0.5, 0.6) is 0 Å². The molecule has 0 saturated heterocycles. The van der Waals surface area contributed by atoms with E-state index in [9.17, 15) is 23.2 Å². The zero-order valence-corrected chi connectivity index (χ0v) is 22.9. The van der Waals surface area contributed by atoms with Crippen molar-refractivity contribution in [3.63, 3.8) is 0 Å². The van der Waals surface area contributed by atoms with Crippen molar-refractivity contribution in [1.82, 2.24) is 10.3 Å². The average Bonchev–Trinajstić information content (AvgIpc) is 2.85. The van der Waals surface area contributed by atoms with E-state index >= 15 is 0 Å². The summed E-state index contributed by atoms with van der Waals surface area (Å²) in [7, 11) is 0. The van der Waals surface area contributed by atoms with E-state index in [1.807, 2.05) is 46.8 Å². The first kappa shape index (κ1) is 29.7. The van der Waals surface area contributed by atoms with E-state index in [1.54, 1.807) is 12.1 Å². The average molecular weight is 540 g/mol. The molecule has 3 rings (SSSR count). The summed E-state index contributed by atoms with van der Waals surface area (Å²) in [6.45, 7) is 10.1. The Morgan fingerprint density at radius 3 is 2.31 bits per heavy atom. The van der Waals surface area contributed by atoms with Crippen LogP contribution in [-0.4, -0.2) is 34.9 Å². The molecular formula is C30H35F2N3O4. The van der Waals surface area contributed by atoms with E-state index in [0.717, 1.165) is 24.1 Å². The van der Waals surface area contributed by atoms with Gasteiger partial charge in [-0.1, -0.05) is 44.5 Å². The molecule has 0 aliphatic rings. The predicted octanol–water partition coefficient (Wildman–Crippen LogP) is 5.02. The maximum atomic E-state index is 14.2. The van der Waals surface area contributed by atoms with Gasteiger partial charge in [-0.15, -0.1) is 0 Å². The zero-order chi connectivity index (χ0) is 28.9. The van der Waals surface area contributed by atoms with Crippen molar-refractivity contribution >= 4 is 17.6 Å². The number of H-pyrrole nitrogens is 1. The third-order valence-corrected chi connectivity index (χ3v) is 6.41. The van der Waals surface area contributed by atoms with Gasteiger partial charge in [0.25, 0.3) is 5.56 Å². The Bertz CT molecular complexity index is 1390. The maximum absolute atomic E-state index is 14.2. The first-order chi connectivity index (χ1) is 18.3. The molecule has 0 unspecified atom stereocenters.